The van der Waals surface area contributed by atoms with Gasteiger partial charge in [-0.05, 0) is 49.2 Å². The lowest BCUT2D eigenvalue weighted by Gasteiger charge is -2.32. The van der Waals surface area contributed by atoms with Crippen molar-refractivity contribution < 1.29 is 18.8 Å². The van der Waals surface area contributed by atoms with E-state index in [1.165, 1.54) is 24.0 Å². The van der Waals surface area contributed by atoms with Crippen molar-refractivity contribution in [1.29, 1.82) is 0 Å². The molecule has 2 aliphatic heterocycles. The second-order valence-electron chi connectivity index (χ2n) is 10.4. The maximum Gasteiger partial charge on any atom is 0.297 e. The molecule has 10 heteroatoms. The van der Waals surface area contributed by atoms with Gasteiger partial charge >= 0.3 is 0 Å². The van der Waals surface area contributed by atoms with E-state index in [0.717, 1.165) is 22.5 Å². The molecule has 42 heavy (non-hydrogen) atoms. The fraction of sp³-hybridized carbons (Fsp3) is 0.156. The predicted molar refractivity (Wildman–Crippen MR) is 161 cm³/mol. The highest BCUT2D eigenvalue weighted by molar-refractivity contribution is 7.17. The Labute approximate surface area is 248 Å². The number of amides is 2. The van der Waals surface area contributed by atoms with Crippen molar-refractivity contribution in [3.05, 3.63) is 121 Å². The summed E-state index contributed by atoms with van der Waals surface area (Å²) < 4.78 is 6.10. The molecule has 4 heterocycles. The van der Waals surface area contributed by atoms with E-state index in [1.54, 1.807) is 36.1 Å². The van der Waals surface area contributed by atoms with E-state index in [0.29, 0.717) is 26.8 Å². The van der Waals surface area contributed by atoms with Crippen molar-refractivity contribution in [3.8, 4) is 0 Å². The Morgan fingerprint density at radius 3 is 2.50 bits per heavy atom. The molecule has 1 spiro atoms. The quantitative estimate of drug-likeness (QED) is 0.230. The summed E-state index contributed by atoms with van der Waals surface area (Å²) in [5, 5.41) is 0.583. The molecule has 8 nitrogen and oxygen atoms in total. The normalized spacial score (nSPS) is 17.4. The second-order valence-corrected chi connectivity index (χ2v) is 11.8. The van der Waals surface area contributed by atoms with E-state index < -0.39 is 22.8 Å². The summed E-state index contributed by atoms with van der Waals surface area (Å²) in [6.07, 6.45) is 0. The number of anilines is 2. The van der Waals surface area contributed by atoms with Crippen molar-refractivity contribution in [1.82, 2.24) is 4.98 Å². The lowest BCUT2D eigenvalue weighted by atomic mass is 9.84. The molecule has 0 N–H and O–H groups in total. The molecular formula is C32H22ClN3O5S. The van der Waals surface area contributed by atoms with Crippen LogP contribution in [-0.2, 0) is 16.9 Å². The summed E-state index contributed by atoms with van der Waals surface area (Å²) in [6.45, 7) is 5.26. The van der Waals surface area contributed by atoms with Gasteiger partial charge in [0.15, 0.2) is 21.9 Å². The van der Waals surface area contributed by atoms with E-state index >= 15 is 4.79 Å². The average molecular weight is 596 g/mol. The van der Waals surface area contributed by atoms with Gasteiger partial charge < -0.3 is 9.32 Å². The maximum absolute atomic E-state index is 15.0. The number of halogens is 1. The van der Waals surface area contributed by atoms with Gasteiger partial charge in [-0.3, -0.25) is 24.1 Å². The Hall–Kier alpha value is -4.60. The first-order valence-electron chi connectivity index (χ1n) is 13.2. The lowest BCUT2D eigenvalue weighted by molar-refractivity contribution is -0.121. The van der Waals surface area contributed by atoms with Gasteiger partial charge in [0, 0.05) is 17.5 Å². The van der Waals surface area contributed by atoms with Crippen molar-refractivity contribution in [2.24, 2.45) is 0 Å². The average Bonchev–Trinajstić information content (AvgIpc) is 3.55. The number of carbonyl (C=O) groups is 3. The van der Waals surface area contributed by atoms with Crippen LogP contribution in [0.1, 0.15) is 55.1 Å². The van der Waals surface area contributed by atoms with Crippen LogP contribution in [0.3, 0.4) is 0 Å². The minimum atomic E-state index is -1.92. The molecule has 0 fully saturated rings. The summed E-state index contributed by atoms with van der Waals surface area (Å²) in [5.74, 6) is -1.65. The summed E-state index contributed by atoms with van der Waals surface area (Å²) in [7, 11) is 0. The summed E-state index contributed by atoms with van der Waals surface area (Å²) in [4.78, 5) is 63.9. The topological polar surface area (TPSA) is 101 Å². The number of hydrogen-bond donors (Lipinski definition) is 0. The second kappa shape index (κ2) is 9.20. The van der Waals surface area contributed by atoms with E-state index in [4.69, 9.17) is 16.0 Å². The molecule has 0 bridgehead atoms. The Balaban J connectivity index is 1.57. The molecule has 0 saturated heterocycles. The Bertz CT molecular complexity index is 2080. The Kier molecular flexibility index (Phi) is 5.77. The van der Waals surface area contributed by atoms with E-state index in [9.17, 15) is 14.4 Å². The smallest absolute Gasteiger partial charge is 0.297 e. The zero-order valence-corrected chi connectivity index (χ0v) is 24.3. The fourth-order valence-corrected chi connectivity index (χ4v) is 7.24. The fourth-order valence-electron chi connectivity index (χ4n) is 6.05. The molecule has 208 valence electrons. The monoisotopic (exact) mass is 595 g/mol. The van der Waals surface area contributed by atoms with E-state index in [-0.39, 0.29) is 39.8 Å². The number of aryl methyl sites for hydroxylation is 2. The molecule has 2 aliphatic rings. The number of fused-ring (bicyclic) bond motifs is 5. The van der Waals surface area contributed by atoms with Gasteiger partial charge in [0.1, 0.15) is 5.58 Å². The molecule has 1 unspecified atom stereocenters. The van der Waals surface area contributed by atoms with Gasteiger partial charge in [0.05, 0.1) is 33.8 Å². The van der Waals surface area contributed by atoms with E-state index in [2.05, 4.69) is 4.98 Å². The Morgan fingerprint density at radius 2 is 1.76 bits per heavy atom. The molecule has 0 radical (unpaired) electrons. The molecular weight excluding hydrogens is 574 g/mol. The van der Waals surface area contributed by atoms with Crippen molar-refractivity contribution in [2.45, 2.75) is 32.9 Å². The van der Waals surface area contributed by atoms with Crippen molar-refractivity contribution in [2.75, 3.05) is 9.80 Å². The number of aromatic nitrogens is 1. The van der Waals surface area contributed by atoms with Crippen LogP contribution in [0.4, 0.5) is 10.8 Å². The number of ketones is 1. The third kappa shape index (κ3) is 3.44. The number of thiazole rings is 1. The molecule has 1 atom stereocenters. The van der Waals surface area contributed by atoms with Crippen LogP contribution >= 0.6 is 22.9 Å². The maximum atomic E-state index is 15.0. The van der Waals surface area contributed by atoms with Gasteiger partial charge in [-0.2, -0.15) is 0 Å². The van der Waals surface area contributed by atoms with Crippen LogP contribution in [0, 0.1) is 13.8 Å². The highest BCUT2D eigenvalue weighted by Crippen LogP contribution is 2.55. The van der Waals surface area contributed by atoms with Gasteiger partial charge in [-0.25, -0.2) is 4.98 Å². The molecule has 3 aromatic carbocycles. The van der Waals surface area contributed by atoms with E-state index in [1.807, 2.05) is 37.3 Å². The van der Waals surface area contributed by atoms with Gasteiger partial charge in [0.25, 0.3) is 11.8 Å². The third-order valence-corrected chi connectivity index (χ3v) is 9.45. The summed E-state index contributed by atoms with van der Waals surface area (Å²) in [5.41, 5.74) is 0.955. The zero-order chi connectivity index (χ0) is 29.5. The minimum Gasteiger partial charge on any atom is -0.450 e. The summed E-state index contributed by atoms with van der Waals surface area (Å²) in [6, 6.07) is 19.4. The molecule has 2 aromatic heterocycles. The van der Waals surface area contributed by atoms with Gasteiger partial charge in [-0.1, -0.05) is 65.4 Å². The van der Waals surface area contributed by atoms with Crippen molar-refractivity contribution >= 4 is 62.3 Å². The first-order valence-corrected chi connectivity index (χ1v) is 14.4. The van der Waals surface area contributed by atoms with Crippen LogP contribution in [0.15, 0.2) is 75.9 Å². The first kappa shape index (κ1) is 26.3. The minimum absolute atomic E-state index is 0.0933. The number of hydrogen-bond acceptors (Lipinski definition) is 7. The number of carbonyl (C=O) groups excluding carboxylic acids is 3. The largest absolute Gasteiger partial charge is 0.450 e. The zero-order valence-electron chi connectivity index (χ0n) is 22.7. The predicted octanol–water partition coefficient (Wildman–Crippen LogP) is 6.17. The highest BCUT2D eigenvalue weighted by Gasteiger charge is 2.66. The Morgan fingerprint density at radius 1 is 1.02 bits per heavy atom. The number of Topliss-reactive ketones (excluding diaryl/α,β-unsaturated/α-hetero) is 1. The molecule has 5 aromatic rings. The number of benzene rings is 3. The lowest BCUT2D eigenvalue weighted by Crippen LogP contribution is -2.53. The van der Waals surface area contributed by atoms with Crippen LogP contribution in [0.5, 0.6) is 0 Å². The summed E-state index contributed by atoms with van der Waals surface area (Å²) >= 11 is 7.27. The third-order valence-electron chi connectivity index (χ3n) is 7.97. The van der Waals surface area contributed by atoms with Gasteiger partial charge in [-0.15, -0.1) is 0 Å². The first-order chi connectivity index (χ1) is 20.1. The SMILES string of the molecule is CC(=O)c1sc(N2C(=O)c3oc4ccc(Cl)cc4c(=O)c3C23C(=O)N(Cc2ccccc2C)c2ccccc23)nc1C. The molecule has 0 saturated carbocycles. The van der Waals surface area contributed by atoms with Crippen molar-refractivity contribution in [3.63, 3.8) is 0 Å². The van der Waals surface area contributed by atoms with Gasteiger partial charge in [0.2, 0.25) is 5.76 Å². The van der Waals surface area contributed by atoms with Crippen LogP contribution in [0.2, 0.25) is 5.02 Å². The number of rotatable bonds is 4. The van der Waals surface area contributed by atoms with Crippen LogP contribution < -0.4 is 15.2 Å². The number of para-hydroxylation sites is 1. The van der Waals surface area contributed by atoms with Crippen LogP contribution in [0.25, 0.3) is 11.0 Å². The molecule has 2 amide bonds. The molecule has 0 aliphatic carbocycles. The molecule has 7 rings (SSSR count). The highest BCUT2D eigenvalue weighted by atomic mass is 35.5. The standard InChI is InChI=1S/C32H22ClN3O5S/c1-16-8-4-5-9-19(16)15-35-23-11-7-6-10-22(23)32(30(35)40)25-26(38)21-14-20(33)12-13-24(21)41-27(25)29(39)36(32)31-34-17(2)28(42-31)18(3)37/h4-14H,15H2,1-3H3. The number of nitrogens with zero attached hydrogens (tertiary/aromatic N) is 3. The van der Waals surface area contributed by atoms with Crippen LogP contribution in [-0.4, -0.2) is 22.6 Å².